The van der Waals surface area contributed by atoms with Crippen LogP contribution in [-0.2, 0) is 10.0 Å². The zero-order valence-electron chi connectivity index (χ0n) is 11.9. The highest BCUT2D eigenvalue weighted by Gasteiger charge is 2.20. The molecule has 0 saturated heterocycles. The van der Waals surface area contributed by atoms with E-state index in [-0.39, 0.29) is 15.7 Å². The molecular formula is C14H16ClN3O2S. The van der Waals surface area contributed by atoms with Gasteiger partial charge in [0.05, 0.1) is 4.90 Å². The average molecular weight is 326 g/mol. The van der Waals surface area contributed by atoms with Gasteiger partial charge in [0.25, 0.3) is 10.0 Å². The summed E-state index contributed by atoms with van der Waals surface area (Å²) in [6.45, 7) is 5.30. The fraction of sp³-hybridized carbons (Fsp3) is 0.214. The van der Waals surface area contributed by atoms with Gasteiger partial charge in [-0.2, -0.15) is 0 Å². The Labute approximate surface area is 129 Å². The van der Waals surface area contributed by atoms with Gasteiger partial charge < -0.3 is 5.73 Å². The molecule has 1 heterocycles. The van der Waals surface area contributed by atoms with Crippen LogP contribution >= 0.6 is 11.6 Å². The van der Waals surface area contributed by atoms with Crippen molar-refractivity contribution in [3.05, 3.63) is 46.1 Å². The first-order valence-electron chi connectivity index (χ1n) is 6.23. The van der Waals surface area contributed by atoms with Crippen LogP contribution < -0.4 is 10.5 Å². The molecule has 0 aliphatic heterocycles. The van der Waals surface area contributed by atoms with Gasteiger partial charge in [0, 0.05) is 16.4 Å². The zero-order chi connectivity index (χ0) is 15.8. The maximum absolute atomic E-state index is 12.5. The molecule has 0 atom stereocenters. The third kappa shape index (κ3) is 3.46. The molecule has 0 unspecified atom stereocenters. The van der Waals surface area contributed by atoms with Gasteiger partial charge in [-0.05, 0) is 56.2 Å². The summed E-state index contributed by atoms with van der Waals surface area (Å²) in [4.78, 5) is 4.21. The third-order valence-corrected chi connectivity index (χ3v) is 4.69. The molecule has 7 heteroatoms. The smallest absolute Gasteiger partial charge is 0.263 e. The zero-order valence-corrected chi connectivity index (χ0v) is 13.5. The first-order valence-corrected chi connectivity index (χ1v) is 8.09. The molecule has 3 N–H and O–H groups in total. The summed E-state index contributed by atoms with van der Waals surface area (Å²) >= 11 is 5.89. The average Bonchev–Trinajstić information content (AvgIpc) is 2.31. The van der Waals surface area contributed by atoms with E-state index in [1.165, 1.54) is 12.1 Å². The number of halogens is 1. The van der Waals surface area contributed by atoms with E-state index in [0.717, 1.165) is 11.3 Å². The van der Waals surface area contributed by atoms with Gasteiger partial charge in [0.1, 0.15) is 5.82 Å². The summed E-state index contributed by atoms with van der Waals surface area (Å²) < 4.78 is 27.4. The monoisotopic (exact) mass is 325 g/mol. The molecule has 5 nitrogen and oxygen atoms in total. The number of hydrogen-bond acceptors (Lipinski definition) is 4. The van der Waals surface area contributed by atoms with Crippen LogP contribution in [0.3, 0.4) is 0 Å². The van der Waals surface area contributed by atoms with E-state index in [1.54, 1.807) is 19.9 Å². The lowest BCUT2D eigenvalue weighted by atomic mass is 10.2. The largest absolute Gasteiger partial charge is 0.398 e. The molecule has 1 aromatic carbocycles. The maximum Gasteiger partial charge on any atom is 0.263 e. The normalized spacial score (nSPS) is 11.4. The van der Waals surface area contributed by atoms with E-state index in [9.17, 15) is 8.42 Å². The molecule has 0 aliphatic carbocycles. The number of anilines is 2. The van der Waals surface area contributed by atoms with Gasteiger partial charge in [-0.25, -0.2) is 13.4 Å². The predicted molar refractivity (Wildman–Crippen MR) is 85.1 cm³/mol. The highest BCUT2D eigenvalue weighted by atomic mass is 35.5. The Morgan fingerprint density at radius 1 is 1.14 bits per heavy atom. The van der Waals surface area contributed by atoms with Gasteiger partial charge in [-0.3, -0.25) is 4.72 Å². The summed E-state index contributed by atoms with van der Waals surface area (Å²) in [6, 6.07) is 6.41. The number of nitrogen functional groups attached to an aromatic ring is 1. The molecule has 2 aromatic rings. The topological polar surface area (TPSA) is 85.1 Å². The molecule has 0 amide bonds. The molecule has 1 aromatic heterocycles. The Hall–Kier alpha value is -1.79. The van der Waals surface area contributed by atoms with Gasteiger partial charge in [0.2, 0.25) is 0 Å². The van der Waals surface area contributed by atoms with Crippen molar-refractivity contribution in [2.75, 3.05) is 10.5 Å². The highest BCUT2D eigenvalue weighted by molar-refractivity contribution is 7.92. The van der Waals surface area contributed by atoms with Gasteiger partial charge in [-0.1, -0.05) is 11.6 Å². The van der Waals surface area contributed by atoms with Crippen molar-refractivity contribution in [1.29, 1.82) is 0 Å². The second-order valence-electron chi connectivity index (χ2n) is 4.89. The second-order valence-corrected chi connectivity index (χ2v) is 6.98. The Bertz CT molecular complexity index is 784. The molecule has 0 spiro atoms. The quantitative estimate of drug-likeness (QED) is 0.849. The first-order chi connectivity index (χ1) is 9.69. The number of aryl methyl sites for hydroxylation is 2. The number of pyridine rings is 1. The molecule has 0 fully saturated rings. The van der Waals surface area contributed by atoms with Crippen molar-refractivity contribution in [3.8, 4) is 0 Å². The summed E-state index contributed by atoms with van der Waals surface area (Å²) in [5, 5.41) is 0.270. The third-order valence-electron chi connectivity index (χ3n) is 2.99. The minimum atomic E-state index is -3.80. The van der Waals surface area contributed by atoms with E-state index in [2.05, 4.69) is 9.71 Å². The number of nitrogens with zero attached hydrogens (tertiary/aromatic N) is 1. The molecular weight excluding hydrogens is 310 g/mol. The Morgan fingerprint density at radius 3 is 2.43 bits per heavy atom. The lowest BCUT2D eigenvalue weighted by Crippen LogP contribution is -2.16. The van der Waals surface area contributed by atoms with Crippen LogP contribution in [0, 0.1) is 20.8 Å². The van der Waals surface area contributed by atoms with Crippen molar-refractivity contribution in [1.82, 2.24) is 4.98 Å². The van der Waals surface area contributed by atoms with Crippen LogP contribution in [0.15, 0.2) is 29.2 Å². The molecule has 0 radical (unpaired) electrons. The van der Waals surface area contributed by atoms with Crippen LogP contribution in [0.2, 0.25) is 5.02 Å². The number of sulfonamides is 1. The van der Waals surface area contributed by atoms with Gasteiger partial charge in [0.15, 0.2) is 0 Å². The van der Waals surface area contributed by atoms with Crippen molar-refractivity contribution in [3.63, 3.8) is 0 Å². The van der Waals surface area contributed by atoms with Gasteiger partial charge >= 0.3 is 0 Å². The molecule has 21 heavy (non-hydrogen) atoms. The number of rotatable bonds is 3. The number of nitrogens with one attached hydrogen (secondary N) is 1. The Morgan fingerprint density at radius 2 is 1.81 bits per heavy atom. The van der Waals surface area contributed by atoms with E-state index < -0.39 is 10.0 Å². The van der Waals surface area contributed by atoms with Crippen LogP contribution in [0.25, 0.3) is 0 Å². The first kappa shape index (κ1) is 15.6. The minimum absolute atomic E-state index is 0.0495. The predicted octanol–water partition coefficient (Wildman–Crippen LogP) is 3.04. The summed E-state index contributed by atoms with van der Waals surface area (Å²) in [5.41, 5.74) is 8.20. The van der Waals surface area contributed by atoms with E-state index in [4.69, 9.17) is 17.3 Å². The van der Waals surface area contributed by atoms with Crippen molar-refractivity contribution >= 4 is 33.1 Å². The molecule has 0 aliphatic rings. The van der Waals surface area contributed by atoms with Crippen LogP contribution in [-0.4, -0.2) is 13.4 Å². The second kappa shape index (κ2) is 5.54. The SMILES string of the molecule is Cc1cc(C)nc(NS(=O)(=O)c2cc(Cl)cc(N)c2C)c1. The molecule has 0 saturated carbocycles. The van der Waals surface area contributed by atoms with Crippen LogP contribution in [0.4, 0.5) is 11.5 Å². The Balaban J connectivity index is 2.48. The number of benzene rings is 1. The van der Waals surface area contributed by atoms with E-state index >= 15 is 0 Å². The lowest BCUT2D eigenvalue weighted by Gasteiger charge is -2.12. The molecule has 2 rings (SSSR count). The number of nitrogens with two attached hydrogens (primary N) is 1. The molecule has 112 valence electrons. The highest BCUT2D eigenvalue weighted by Crippen LogP contribution is 2.27. The van der Waals surface area contributed by atoms with Gasteiger partial charge in [-0.15, -0.1) is 0 Å². The van der Waals surface area contributed by atoms with Crippen LogP contribution in [0.1, 0.15) is 16.8 Å². The van der Waals surface area contributed by atoms with E-state index in [1.807, 2.05) is 13.0 Å². The number of aromatic nitrogens is 1. The standard InChI is InChI=1S/C14H16ClN3O2S/c1-8-4-9(2)17-14(5-8)18-21(19,20)13-7-11(15)6-12(16)10(13)3/h4-7H,16H2,1-3H3,(H,17,18). The van der Waals surface area contributed by atoms with Crippen molar-refractivity contribution < 1.29 is 8.42 Å². The maximum atomic E-state index is 12.5. The van der Waals surface area contributed by atoms with Crippen molar-refractivity contribution in [2.45, 2.75) is 25.7 Å². The van der Waals surface area contributed by atoms with Crippen LogP contribution in [0.5, 0.6) is 0 Å². The van der Waals surface area contributed by atoms with Crippen molar-refractivity contribution in [2.24, 2.45) is 0 Å². The number of hydrogen-bond donors (Lipinski definition) is 2. The summed E-state index contributed by atoms with van der Waals surface area (Å²) in [6.07, 6.45) is 0. The van der Waals surface area contributed by atoms with E-state index in [0.29, 0.717) is 11.3 Å². The Kier molecular flexibility index (Phi) is 4.11. The summed E-state index contributed by atoms with van der Waals surface area (Å²) in [5.74, 6) is 0.269. The fourth-order valence-corrected chi connectivity index (χ4v) is 3.62. The molecule has 0 bridgehead atoms. The lowest BCUT2D eigenvalue weighted by molar-refractivity contribution is 0.600. The minimum Gasteiger partial charge on any atom is -0.398 e. The summed E-state index contributed by atoms with van der Waals surface area (Å²) in [7, 11) is -3.80. The fourth-order valence-electron chi connectivity index (χ4n) is 2.04.